The lowest BCUT2D eigenvalue weighted by Crippen LogP contribution is -2.23. The molecule has 100 valence electrons. The topological polar surface area (TPSA) is 125 Å². The van der Waals surface area contributed by atoms with Gasteiger partial charge in [0, 0.05) is 11.5 Å². The highest BCUT2D eigenvalue weighted by atomic mass is 16.5. The second-order valence-electron chi connectivity index (χ2n) is 4.70. The molecule has 0 fully saturated rings. The number of hydrogen-bond donors (Lipinski definition) is 3. The van der Waals surface area contributed by atoms with Crippen LogP contribution in [0, 0.1) is 17.2 Å². The molecule has 7 heteroatoms. The van der Waals surface area contributed by atoms with Gasteiger partial charge in [-0.2, -0.15) is 5.26 Å². The third-order valence-corrected chi connectivity index (χ3v) is 3.06. The number of ether oxygens (including phenoxy) is 1. The average molecular weight is 262 g/mol. The summed E-state index contributed by atoms with van der Waals surface area (Å²) >= 11 is 0. The van der Waals surface area contributed by atoms with Crippen molar-refractivity contribution in [3.05, 3.63) is 22.7 Å². The van der Waals surface area contributed by atoms with Gasteiger partial charge in [-0.25, -0.2) is 0 Å². The first-order valence-corrected chi connectivity index (χ1v) is 5.82. The normalized spacial score (nSPS) is 17.9. The fraction of sp³-hybridized carbons (Fsp3) is 0.417. The van der Waals surface area contributed by atoms with Gasteiger partial charge in [0.15, 0.2) is 0 Å². The summed E-state index contributed by atoms with van der Waals surface area (Å²) in [6.45, 7) is 3.86. The molecule has 2 rings (SSSR count). The van der Waals surface area contributed by atoms with E-state index < -0.39 is 5.97 Å². The Labute approximate surface area is 109 Å². The summed E-state index contributed by atoms with van der Waals surface area (Å²) in [5.74, 6) is -0.925. The predicted octanol–water partition coefficient (Wildman–Crippen LogP) is 0.863. The number of carbonyl (C=O) groups is 1. The third-order valence-electron chi connectivity index (χ3n) is 3.06. The molecule has 1 unspecified atom stereocenters. The van der Waals surface area contributed by atoms with Gasteiger partial charge < -0.3 is 15.6 Å². The first kappa shape index (κ1) is 13.0. The quantitative estimate of drug-likeness (QED) is 0.741. The second kappa shape index (κ2) is 4.65. The molecule has 1 aliphatic heterocycles. The number of rotatable bonds is 3. The smallest absolute Gasteiger partial charge is 0.309 e. The van der Waals surface area contributed by atoms with Crippen LogP contribution in [0.15, 0.2) is 11.5 Å². The maximum absolute atomic E-state index is 10.9. The Morgan fingerprint density at radius 2 is 2.37 bits per heavy atom. The van der Waals surface area contributed by atoms with E-state index in [-0.39, 0.29) is 30.0 Å². The van der Waals surface area contributed by atoms with Crippen LogP contribution in [0.2, 0.25) is 0 Å². The Morgan fingerprint density at radius 1 is 1.68 bits per heavy atom. The molecule has 1 atom stereocenters. The average Bonchev–Trinajstić information content (AvgIpc) is 2.69. The number of aromatic nitrogens is 2. The van der Waals surface area contributed by atoms with Crippen LogP contribution in [0.5, 0.6) is 5.88 Å². The van der Waals surface area contributed by atoms with Crippen LogP contribution >= 0.6 is 0 Å². The van der Waals surface area contributed by atoms with Crippen LogP contribution in [0.25, 0.3) is 0 Å². The maximum atomic E-state index is 10.9. The summed E-state index contributed by atoms with van der Waals surface area (Å²) in [4.78, 5) is 10.9. The van der Waals surface area contributed by atoms with Crippen molar-refractivity contribution < 1.29 is 14.6 Å². The molecule has 0 saturated heterocycles. The molecule has 7 nitrogen and oxygen atoms in total. The number of aliphatic carboxylic acids is 1. The maximum Gasteiger partial charge on any atom is 0.309 e. The molecule has 1 aliphatic rings. The second-order valence-corrected chi connectivity index (χ2v) is 4.70. The van der Waals surface area contributed by atoms with Crippen molar-refractivity contribution in [2.24, 2.45) is 11.7 Å². The molecule has 0 amide bonds. The van der Waals surface area contributed by atoms with Crippen LogP contribution in [-0.4, -0.2) is 21.3 Å². The van der Waals surface area contributed by atoms with Crippen molar-refractivity contribution in [3.8, 4) is 11.9 Å². The van der Waals surface area contributed by atoms with Gasteiger partial charge in [-0.1, -0.05) is 13.8 Å². The van der Waals surface area contributed by atoms with Gasteiger partial charge in [-0.3, -0.25) is 9.89 Å². The fourth-order valence-corrected chi connectivity index (χ4v) is 2.30. The minimum atomic E-state index is -0.977. The van der Waals surface area contributed by atoms with E-state index in [9.17, 15) is 10.1 Å². The molecule has 0 aromatic carbocycles. The minimum Gasteiger partial charge on any atom is -0.481 e. The van der Waals surface area contributed by atoms with Crippen LogP contribution in [0.4, 0.5) is 0 Å². The van der Waals surface area contributed by atoms with Crippen molar-refractivity contribution in [3.63, 3.8) is 0 Å². The van der Waals surface area contributed by atoms with Gasteiger partial charge in [0.25, 0.3) is 0 Å². The Morgan fingerprint density at radius 3 is 2.89 bits per heavy atom. The fourth-order valence-electron chi connectivity index (χ4n) is 2.30. The van der Waals surface area contributed by atoms with Gasteiger partial charge in [-0.15, -0.1) is 5.10 Å². The summed E-state index contributed by atoms with van der Waals surface area (Å²) < 4.78 is 5.28. The van der Waals surface area contributed by atoms with Crippen molar-refractivity contribution in [2.45, 2.75) is 26.2 Å². The van der Waals surface area contributed by atoms with Gasteiger partial charge in [0.2, 0.25) is 11.8 Å². The van der Waals surface area contributed by atoms with E-state index >= 15 is 0 Å². The molecule has 2 heterocycles. The Hall–Kier alpha value is -2.49. The summed E-state index contributed by atoms with van der Waals surface area (Å²) in [6.07, 6.45) is -0.201. The molecule has 0 radical (unpaired) electrons. The first-order chi connectivity index (χ1) is 8.95. The predicted molar refractivity (Wildman–Crippen MR) is 65.0 cm³/mol. The van der Waals surface area contributed by atoms with Crippen molar-refractivity contribution in [1.29, 1.82) is 5.26 Å². The van der Waals surface area contributed by atoms with E-state index in [1.807, 2.05) is 19.9 Å². The molecule has 0 aliphatic carbocycles. The number of nitriles is 1. The molecular formula is C12H14N4O3. The van der Waals surface area contributed by atoms with Gasteiger partial charge in [0.05, 0.1) is 17.7 Å². The van der Waals surface area contributed by atoms with Crippen LogP contribution in [0.3, 0.4) is 0 Å². The summed E-state index contributed by atoms with van der Waals surface area (Å²) in [5, 5.41) is 24.7. The number of nitrogens with zero attached hydrogens (tertiary/aromatic N) is 2. The molecule has 0 saturated carbocycles. The third kappa shape index (κ3) is 2.12. The number of nitrogens with one attached hydrogen (secondary N) is 1. The Balaban J connectivity index is 2.55. The minimum absolute atomic E-state index is 0.0297. The highest BCUT2D eigenvalue weighted by molar-refractivity contribution is 5.71. The largest absolute Gasteiger partial charge is 0.481 e. The lowest BCUT2D eigenvalue weighted by Gasteiger charge is -2.26. The zero-order valence-electron chi connectivity index (χ0n) is 10.6. The Bertz CT molecular complexity index is 595. The Kier molecular flexibility index (Phi) is 3.17. The summed E-state index contributed by atoms with van der Waals surface area (Å²) in [6, 6.07) is 2.04. The molecular weight excluding hydrogens is 248 g/mol. The van der Waals surface area contributed by atoms with E-state index in [2.05, 4.69) is 10.2 Å². The standard InChI is InChI=1S/C12H14N4O3/c1-5(2)9-6(4-13)11(14)19-12-10(9)7(15-16-12)3-8(17)18/h5,9H,3,14H2,1-2H3,(H,15,16)(H,17,18). The number of fused-ring (bicyclic) bond motifs is 1. The van der Waals surface area contributed by atoms with Crippen molar-refractivity contribution in [1.82, 2.24) is 10.2 Å². The summed E-state index contributed by atoms with van der Waals surface area (Å²) in [5.41, 5.74) is 7.08. The number of aromatic amines is 1. The number of H-pyrrole nitrogens is 1. The van der Waals surface area contributed by atoms with E-state index in [4.69, 9.17) is 15.6 Å². The van der Waals surface area contributed by atoms with E-state index in [0.29, 0.717) is 16.8 Å². The number of hydrogen-bond acceptors (Lipinski definition) is 5. The van der Waals surface area contributed by atoms with Gasteiger partial charge in [-0.05, 0) is 5.92 Å². The van der Waals surface area contributed by atoms with E-state index in [1.165, 1.54) is 0 Å². The van der Waals surface area contributed by atoms with Crippen molar-refractivity contribution in [2.75, 3.05) is 0 Å². The lowest BCUT2D eigenvalue weighted by molar-refractivity contribution is -0.136. The zero-order chi connectivity index (χ0) is 14.2. The SMILES string of the molecule is CC(C)C1C(C#N)=C(N)Oc2n[nH]c(CC(=O)O)c21. The molecule has 0 bridgehead atoms. The zero-order valence-corrected chi connectivity index (χ0v) is 10.6. The summed E-state index contributed by atoms with van der Waals surface area (Å²) in [7, 11) is 0. The molecule has 4 N–H and O–H groups in total. The number of carboxylic acid groups (broad SMARTS) is 1. The van der Waals surface area contributed by atoms with Crippen LogP contribution in [0.1, 0.15) is 31.0 Å². The number of allylic oxidation sites excluding steroid dienone is 1. The van der Waals surface area contributed by atoms with Gasteiger partial charge >= 0.3 is 5.97 Å². The van der Waals surface area contributed by atoms with E-state index in [0.717, 1.165) is 0 Å². The molecule has 19 heavy (non-hydrogen) atoms. The van der Waals surface area contributed by atoms with E-state index in [1.54, 1.807) is 0 Å². The molecule has 1 aromatic heterocycles. The number of nitrogens with two attached hydrogens (primary N) is 1. The number of carboxylic acids is 1. The highest BCUT2D eigenvalue weighted by Gasteiger charge is 2.36. The van der Waals surface area contributed by atoms with Crippen LogP contribution in [-0.2, 0) is 11.2 Å². The first-order valence-electron chi connectivity index (χ1n) is 5.82. The lowest BCUT2D eigenvalue weighted by atomic mass is 9.81. The molecule has 1 aromatic rings. The van der Waals surface area contributed by atoms with Crippen molar-refractivity contribution >= 4 is 5.97 Å². The highest BCUT2D eigenvalue weighted by Crippen LogP contribution is 2.42. The van der Waals surface area contributed by atoms with Gasteiger partial charge in [0.1, 0.15) is 6.07 Å². The van der Waals surface area contributed by atoms with Crippen LogP contribution < -0.4 is 10.5 Å². The monoisotopic (exact) mass is 262 g/mol. The molecule has 0 spiro atoms.